The number of benzene rings is 14. The highest BCUT2D eigenvalue weighted by Gasteiger charge is 2.25. The molecule has 17 aromatic rings. The van der Waals surface area contributed by atoms with Crippen LogP contribution in [0, 0.1) is 6.92 Å². The third kappa shape index (κ3) is 13.9. The first-order valence-corrected chi connectivity index (χ1v) is 37.2. The average molecular weight is 1470 g/mol. The molecule has 17 rings (SSSR count). The van der Waals surface area contributed by atoms with Crippen molar-refractivity contribution in [2.24, 2.45) is 0 Å². The Morgan fingerprint density at radius 1 is 0.259 bits per heavy atom. The van der Waals surface area contributed by atoms with Crippen molar-refractivity contribution in [1.82, 2.24) is 13.7 Å². The second-order valence-electron chi connectivity index (χ2n) is 27.6. The van der Waals surface area contributed by atoms with Gasteiger partial charge in [-0.3, -0.25) is 0 Å². The number of rotatable bonds is 25. The number of hydrogen-bond acceptors (Lipinski definition) is 11. The summed E-state index contributed by atoms with van der Waals surface area (Å²) in [5.74, 6) is 5.50. The van der Waals surface area contributed by atoms with Crippen molar-refractivity contribution in [2.75, 3.05) is 69.4 Å². The monoisotopic (exact) mass is 1470 g/mol. The molecule has 0 spiro atoms. The van der Waals surface area contributed by atoms with Crippen LogP contribution in [0.15, 0.2) is 334 Å². The molecular formula is C97H83N8O7+. The number of aryl methyl sites for hydroxylation is 1. The molecule has 0 aliphatic heterocycles. The van der Waals surface area contributed by atoms with Crippen LogP contribution in [0.2, 0.25) is 0 Å². The van der Waals surface area contributed by atoms with Gasteiger partial charge in [-0.05, 0) is 297 Å². The van der Waals surface area contributed by atoms with E-state index in [-0.39, 0.29) is 0 Å². The predicted octanol–water partition coefficient (Wildman–Crippen LogP) is 23.3. The molecule has 0 saturated heterocycles. The van der Waals surface area contributed by atoms with E-state index < -0.39 is 0 Å². The number of aromatic nitrogens is 4. The number of ether oxygens (including phenoxy) is 7. The van der Waals surface area contributed by atoms with Gasteiger partial charge in [0.15, 0.2) is 0 Å². The Morgan fingerprint density at radius 3 is 0.741 bits per heavy atom. The molecule has 0 N–H and O–H groups in total. The predicted molar refractivity (Wildman–Crippen MR) is 454 cm³/mol. The lowest BCUT2D eigenvalue weighted by Gasteiger charge is -2.26. The number of nitrogens with zero attached hydrogens (tertiary/aromatic N) is 8. The van der Waals surface area contributed by atoms with Crippen molar-refractivity contribution in [2.45, 2.75) is 20.0 Å². The van der Waals surface area contributed by atoms with Gasteiger partial charge in [-0.15, -0.1) is 0 Å². The molecule has 14 aromatic carbocycles. The van der Waals surface area contributed by atoms with E-state index in [0.717, 1.165) is 169 Å². The van der Waals surface area contributed by atoms with Crippen molar-refractivity contribution in [3.05, 3.63) is 351 Å². The molecule has 112 heavy (non-hydrogen) atoms. The van der Waals surface area contributed by atoms with Gasteiger partial charge in [0.05, 0.1) is 49.8 Å². The van der Waals surface area contributed by atoms with E-state index in [9.17, 15) is 0 Å². The van der Waals surface area contributed by atoms with Gasteiger partial charge < -0.3 is 61.9 Å². The smallest absolute Gasteiger partial charge is 0.254 e. The minimum atomic E-state index is 0.625. The molecule has 0 aliphatic carbocycles. The Morgan fingerprint density at radius 2 is 0.491 bits per heavy atom. The van der Waals surface area contributed by atoms with Crippen molar-refractivity contribution in [3.8, 4) is 51.6 Å². The second-order valence-corrected chi connectivity index (χ2v) is 27.6. The van der Waals surface area contributed by atoms with Crippen molar-refractivity contribution in [3.63, 3.8) is 0 Å². The zero-order chi connectivity index (χ0) is 76.3. The van der Waals surface area contributed by atoms with E-state index in [1.807, 2.05) is 84.9 Å². The lowest BCUT2D eigenvalue weighted by Crippen LogP contribution is -2.27. The van der Waals surface area contributed by atoms with E-state index in [2.05, 4.69) is 294 Å². The van der Waals surface area contributed by atoms with Crippen LogP contribution in [-0.4, -0.2) is 63.5 Å². The van der Waals surface area contributed by atoms with Crippen LogP contribution in [0.25, 0.3) is 55.0 Å². The molecule has 15 nitrogen and oxygen atoms in total. The summed E-state index contributed by atoms with van der Waals surface area (Å²) in [6.07, 6.45) is 6.38. The number of hydrogen-bond donors (Lipinski definition) is 0. The van der Waals surface area contributed by atoms with E-state index in [0.29, 0.717) is 13.1 Å². The number of methoxy groups -OCH3 is 7. The van der Waals surface area contributed by atoms with Crippen LogP contribution in [0.1, 0.15) is 16.7 Å². The lowest BCUT2D eigenvalue weighted by atomic mass is 10.1. The van der Waals surface area contributed by atoms with Gasteiger partial charge >= 0.3 is 0 Å². The first-order chi connectivity index (χ1) is 55.0. The zero-order valence-corrected chi connectivity index (χ0v) is 63.6. The fraction of sp³-hybridized carbons (Fsp3) is 0.103. The maximum Gasteiger partial charge on any atom is 0.254 e. The maximum absolute atomic E-state index is 5.64. The van der Waals surface area contributed by atoms with Crippen LogP contribution in [0.3, 0.4) is 0 Å². The summed E-state index contributed by atoms with van der Waals surface area (Å²) in [5.41, 5.74) is 22.1. The Labute approximate surface area is 651 Å². The van der Waals surface area contributed by atoms with Crippen LogP contribution in [0.4, 0.5) is 68.2 Å². The second kappa shape index (κ2) is 30.7. The molecule has 0 unspecified atom stereocenters. The fourth-order valence-corrected chi connectivity index (χ4v) is 15.2. The SMILES string of the molecule is COc1ccc(N(c2ccc(C)cc2)c2ccc3c(c2)c2cc(N(c4ccc(OC)cc4)c4ccc(OC)cc4)ccc2n3Cc2ccc(-[n+]3ccn(-c4ccc(Cn5c6ccc(N(c7ccc(OC)cc7)c7ccc(OC)cc7)cc6c6cc(N(c7ccc(OC)cc7)c7ccc(OC)cc7)ccc65)cc4)c3)cc2)cc1. The summed E-state index contributed by atoms with van der Waals surface area (Å²) in [7, 11) is 11.9. The van der Waals surface area contributed by atoms with E-state index in [1.165, 1.54) is 11.1 Å². The Balaban J connectivity index is 0.694. The third-order valence-corrected chi connectivity index (χ3v) is 21.1. The molecule has 0 fully saturated rings. The standard InChI is InChI=1S/C97H83N8O7/c1-66-9-15-71(16-10-66)102(72-21-39-83(106-2)40-22-72)79-35-53-94-90(59-79)91-60-80(103(73-23-41-84(107-3)42-24-73)74-25-43-85(108-4)44-26-74)36-54-95(91)100(94)63-67-11-17-69(18-12-67)98-57-58-99(65-98)70-19-13-68(14-20-70)64-101-96-55-37-81(104(75-27-45-86(109-5)46-28-75)76-29-47-87(110-6)48-30-76)61-92(96)93-62-82(38-56-97(93)101)105(77-31-49-88(111-7)50-32-77)78-33-51-89(112-8)52-34-78/h9-62,65H,63-64H2,1-8H3/q+1. The molecule has 0 atom stereocenters. The van der Waals surface area contributed by atoms with Gasteiger partial charge in [-0.25, -0.2) is 9.13 Å². The largest absolute Gasteiger partial charge is 0.497 e. The fourth-order valence-electron chi connectivity index (χ4n) is 15.2. The van der Waals surface area contributed by atoms with Crippen LogP contribution >= 0.6 is 0 Å². The Kier molecular flexibility index (Phi) is 19.4. The minimum Gasteiger partial charge on any atom is -0.497 e. The first-order valence-electron chi connectivity index (χ1n) is 37.2. The molecule has 3 aromatic heterocycles. The van der Waals surface area contributed by atoms with Crippen molar-refractivity contribution in [1.29, 1.82) is 0 Å². The van der Waals surface area contributed by atoms with Crippen LogP contribution in [0.5, 0.6) is 40.2 Å². The highest BCUT2D eigenvalue weighted by molar-refractivity contribution is 6.12. The zero-order valence-electron chi connectivity index (χ0n) is 63.6. The number of imidazole rings is 1. The third-order valence-electron chi connectivity index (χ3n) is 21.1. The van der Waals surface area contributed by atoms with Crippen LogP contribution < -0.4 is 57.3 Å². The molecule has 0 radical (unpaired) electrons. The van der Waals surface area contributed by atoms with Crippen LogP contribution in [-0.2, 0) is 13.1 Å². The molecule has 3 heterocycles. The maximum atomic E-state index is 5.64. The molecule has 0 saturated carbocycles. The molecule has 0 bridgehead atoms. The van der Waals surface area contributed by atoms with Gasteiger partial charge in [-0.2, -0.15) is 0 Å². The molecule has 0 aliphatic rings. The van der Waals surface area contributed by atoms with Gasteiger partial charge in [0.2, 0.25) is 0 Å². The van der Waals surface area contributed by atoms with Gasteiger partial charge in [-0.1, -0.05) is 42.0 Å². The lowest BCUT2D eigenvalue weighted by molar-refractivity contribution is -0.594. The quantitative estimate of drug-likeness (QED) is 0.0512. The summed E-state index contributed by atoms with van der Waals surface area (Å²) < 4.78 is 48.7. The first kappa shape index (κ1) is 70.7. The van der Waals surface area contributed by atoms with Gasteiger partial charge in [0.1, 0.15) is 64.0 Å². The highest BCUT2D eigenvalue weighted by atomic mass is 16.5. The molecule has 552 valence electrons. The van der Waals surface area contributed by atoms with Crippen molar-refractivity contribution < 1.29 is 37.7 Å². The van der Waals surface area contributed by atoms with E-state index in [1.54, 1.807) is 49.8 Å². The van der Waals surface area contributed by atoms with Gasteiger partial charge in [0, 0.05) is 125 Å². The summed E-state index contributed by atoms with van der Waals surface area (Å²) in [4.78, 5) is 9.15. The molecule has 0 amide bonds. The summed E-state index contributed by atoms with van der Waals surface area (Å²) in [6.45, 7) is 3.38. The van der Waals surface area contributed by atoms with Gasteiger partial charge in [0.25, 0.3) is 6.33 Å². The number of fused-ring (bicyclic) bond motifs is 6. The number of anilines is 12. The Hall–Kier alpha value is -14.3. The van der Waals surface area contributed by atoms with E-state index >= 15 is 0 Å². The topological polar surface area (TPSA) is 96.2 Å². The van der Waals surface area contributed by atoms with Crippen molar-refractivity contribution >= 4 is 112 Å². The highest BCUT2D eigenvalue weighted by Crippen LogP contribution is 2.47. The summed E-state index contributed by atoms with van der Waals surface area (Å²) in [5, 5.41) is 4.46. The Bertz CT molecular complexity index is 5860. The molecule has 15 heteroatoms. The molecular weight excluding hydrogens is 1390 g/mol. The summed E-state index contributed by atoms with van der Waals surface area (Å²) in [6, 6.07) is 111. The summed E-state index contributed by atoms with van der Waals surface area (Å²) >= 11 is 0. The minimum absolute atomic E-state index is 0.625. The average Bonchev–Trinajstić information content (AvgIpc) is 1.59. The normalized spacial score (nSPS) is 11.3. The van der Waals surface area contributed by atoms with E-state index in [4.69, 9.17) is 33.2 Å².